The van der Waals surface area contributed by atoms with E-state index in [0.717, 1.165) is 16.7 Å². The first-order chi connectivity index (χ1) is 11.0. The van der Waals surface area contributed by atoms with Crippen molar-refractivity contribution in [1.29, 1.82) is 0 Å². The lowest BCUT2D eigenvalue weighted by molar-refractivity contribution is 0.474. The second-order valence-electron chi connectivity index (χ2n) is 6.30. The molecule has 0 aliphatic heterocycles. The lowest BCUT2D eigenvalue weighted by Crippen LogP contribution is -2.18. The Bertz CT molecular complexity index is 800. The van der Waals surface area contributed by atoms with Crippen molar-refractivity contribution in [2.45, 2.75) is 19.3 Å². The molecular formula is C21H20O2. The van der Waals surface area contributed by atoms with Crippen LogP contribution in [0.15, 0.2) is 72.8 Å². The lowest BCUT2D eigenvalue weighted by atomic mass is 9.78. The summed E-state index contributed by atoms with van der Waals surface area (Å²) in [6, 6.07) is 23.0. The zero-order valence-corrected chi connectivity index (χ0v) is 13.3. The highest BCUT2D eigenvalue weighted by atomic mass is 16.3. The Kier molecular flexibility index (Phi) is 3.83. The highest BCUT2D eigenvalue weighted by molar-refractivity contribution is 5.65. The maximum absolute atomic E-state index is 9.61. The van der Waals surface area contributed by atoms with Crippen LogP contribution in [0.3, 0.4) is 0 Å². The van der Waals surface area contributed by atoms with E-state index < -0.39 is 0 Å². The monoisotopic (exact) mass is 304 g/mol. The molecule has 0 fully saturated rings. The van der Waals surface area contributed by atoms with Crippen molar-refractivity contribution >= 4 is 0 Å². The molecule has 2 N–H and O–H groups in total. The van der Waals surface area contributed by atoms with Crippen molar-refractivity contribution in [3.63, 3.8) is 0 Å². The molecule has 0 radical (unpaired) electrons. The summed E-state index contributed by atoms with van der Waals surface area (Å²) in [7, 11) is 0. The molecule has 0 heterocycles. The van der Waals surface area contributed by atoms with Gasteiger partial charge in [-0.15, -0.1) is 0 Å². The van der Waals surface area contributed by atoms with Gasteiger partial charge in [0.05, 0.1) is 0 Å². The maximum atomic E-state index is 9.61. The second kappa shape index (κ2) is 5.81. The number of hydrogen-bond donors (Lipinski definition) is 2. The number of phenols is 2. The summed E-state index contributed by atoms with van der Waals surface area (Å²) in [5.41, 5.74) is 4.28. The molecule has 0 aliphatic rings. The molecular weight excluding hydrogens is 284 g/mol. The standard InChI is InChI=1S/C21H20O2/c1-21(2,18-10-12-19(22)13-11-18)17-8-6-15(7-9-17)16-4-3-5-20(23)14-16/h3-14,22-23H,1-2H3. The van der Waals surface area contributed by atoms with Crippen LogP contribution >= 0.6 is 0 Å². The Morgan fingerprint density at radius 3 is 1.74 bits per heavy atom. The summed E-state index contributed by atoms with van der Waals surface area (Å²) < 4.78 is 0. The van der Waals surface area contributed by atoms with Gasteiger partial charge >= 0.3 is 0 Å². The predicted octanol–water partition coefficient (Wildman–Crippen LogP) is 5.09. The molecule has 0 bridgehead atoms. The molecule has 0 unspecified atom stereocenters. The van der Waals surface area contributed by atoms with Crippen LogP contribution in [0, 0.1) is 0 Å². The first-order valence-corrected chi connectivity index (χ1v) is 7.66. The smallest absolute Gasteiger partial charge is 0.116 e. The molecule has 3 rings (SSSR count). The van der Waals surface area contributed by atoms with Gasteiger partial charge in [0, 0.05) is 5.41 Å². The van der Waals surface area contributed by atoms with Crippen molar-refractivity contribution in [3.8, 4) is 22.6 Å². The van der Waals surface area contributed by atoms with E-state index >= 15 is 0 Å². The molecule has 116 valence electrons. The predicted molar refractivity (Wildman–Crippen MR) is 93.8 cm³/mol. The van der Waals surface area contributed by atoms with E-state index in [1.54, 1.807) is 24.3 Å². The van der Waals surface area contributed by atoms with Crippen LogP contribution in [0.4, 0.5) is 0 Å². The van der Waals surface area contributed by atoms with E-state index in [1.165, 1.54) is 5.56 Å². The highest BCUT2D eigenvalue weighted by Gasteiger charge is 2.22. The zero-order chi connectivity index (χ0) is 16.4. The molecule has 0 saturated carbocycles. The number of rotatable bonds is 3. The molecule has 23 heavy (non-hydrogen) atoms. The van der Waals surface area contributed by atoms with E-state index in [2.05, 4.69) is 38.1 Å². The van der Waals surface area contributed by atoms with Gasteiger partial charge in [-0.1, -0.05) is 62.4 Å². The van der Waals surface area contributed by atoms with Crippen molar-refractivity contribution in [3.05, 3.63) is 83.9 Å². The molecule has 0 saturated heterocycles. The number of phenolic OH excluding ortho intramolecular Hbond substituents is 2. The summed E-state index contributed by atoms with van der Waals surface area (Å²) in [5.74, 6) is 0.555. The SMILES string of the molecule is CC(C)(c1ccc(O)cc1)c1ccc(-c2cccc(O)c2)cc1. The van der Waals surface area contributed by atoms with Crippen molar-refractivity contribution in [2.75, 3.05) is 0 Å². The topological polar surface area (TPSA) is 40.5 Å². The molecule has 0 atom stereocenters. The first-order valence-electron chi connectivity index (χ1n) is 7.66. The number of aromatic hydroxyl groups is 2. The normalized spacial score (nSPS) is 11.4. The second-order valence-corrected chi connectivity index (χ2v) is 6.30. The molecule has 0 spiro atoms. The summed E-state index contributed by atoms with van der Waals surface area (Å²) in [4.78, 5) is 0. The molecule has 2 nitrogen and oxygen atoms in total. The van der Waals surface area contributed by atoms with Crippen LogP contribution in [-0.2, 0) is 5.41 Å². The van der Waals surface area contributed by atoms with Gasteiger partial charge in [-0.3, -0.25) is 0 Å². The Hall–Kier alpha value is -2.74. The fourth-order valence-corrected chi connectivity index (χ4v) is 2.81. The molecule has 3 aromatic carbocycles. The van der Waals surface area contributed by atoms with Gasteiger partial charge in [0.1, 0.15) is 11.5 Å². The first kappa shape index (κ1) is 15.2. The van der Waals surface area contributed by atoms with Crippen LogP contribution in [-0.4, -0.2) is 10.2 Å². The third-order valence-electron chi connectivity index (χ3n) is 4.38. The quantitative estimate of drug-likeness (QED) is 0.707. The lowest BCUT2D eigenvalue weighted by Gasteiger charge is -2.26. The Balaban J connectivity index is 1.93. The largest absolute Gasteiger partial charge is 0.508 e. The molecule has 0 aromatic heterocycles. The van der Waals surface area contributed by atoms with E-state index in [1.807, 2.05) is 24.3 Å². The average molecular weight is 304 g/mol. The van der Waals surface area contributed by atoms with Gasteiger partial charge in [0.15, 0.2) is 0 Å². The molecule has 0 amide bonds. The van der Waals surface area contributed by atoms with Gasteiger partial charge < -0.3 is 10.2 Å². The summed E-state index contributed by atoms with van der Waals surface area (Å²) in [6.45, 7) is 4.34. The van der Waals surface area contributed by atoms with E-state index in [-0.39, 0.29) is 16.9 Å². The molecule has 2 heteroatoms. The third kappa shape index (κ3) is 3.07. The molecule has 0 aliphatic carbocycles. The van der Waals surface area contributed by atoms with Gasteiger partial charge in [-0.25, -0.2) is 0 Å². The Morgan fingerprint density at radius 1 is 0.609 bits per heavy atom. The summed E-state index contributed by atoms with van der Waals surface area (Å²) >= 11 is 0. The summed E-state index contributed by atoms with van der Waals surface area (Å²) in [5, 5.41) is 19.1. The van der Waals surface area contributed by atoms with E-state index in [4.69, 9.17) is 0 Å². The van der Waals surface area contributed by atoms with Crippen LogP contribution < -0.4 is 0 Å². The minimum Gasteiger partial charge on any atom is -0.508 e. The number of benzene rings is 3. The van der Waals surface area contributed by atoms with Gasteiger partial charge in [0.2, 0.25) is 0 Å². The highest BCUT2D eigenvalue weighted by Crippen LogP contribution is 2.33. The number of hydrogen-bond acceptors (Lipinski definition) is 2. The van der Waals surface area contributed by atoms with Crippen LogP contribution in [0.5, 0.6) is 11.5 Å². The van der Waals surface area contributed by atoms with Crippen molar-refractivity contribution in [1.82, 2.24) is 0 Å². The minimum absolute atomic E-state index is 0.148. The minimum atomic E-state index is -0.148. The zero-order valence-electron chi connectivity index (χ0n) is 13.3. The van der Waals surface area contributed by atoms with E-state index in [9.17, 15) is 10.2 Å². The fourth-order valence-electron chi connectivity index (χ4n) is 2.81. The van der Waals surface area contributed by atoms with Gasteiger partial charge in [-0.05, 0) is 46.5 Å². The van der Waals surface area contributed by atoms with Crippen molar-refractivity contribution < 1.29 is 10.2 Å². The van der Waals surface area contributed by atoms with Crippen LogP contribution in [0.2, 0.25) is 0 Å². The molecule has 3 aromatic rings. The summed E-state index contributed by atoms with van der Waals surface area (Å²) in [6.07, 6.45) is 0. The maximum Gasteiger partial charge on any atom is 0.116 e. The average Bonchev–Trinajstić information content (AvgIpc) is 2.55. The van der Waals surface area contributed by atoms with Gasteiger partial charge in [-0.2, -0.15) is 0 Å². The van der Waals surface area contributed by atoms with Crippen LogP contribution in [0.1, 0.15) is 25.0 Å². The van der Waals surface area contributed by atoms with Gasteiger partial charge in [0.25, 0.3) is 0 Å². The Morgan fingerprint density at radius 2 is 1.17 bits per heavy atom. The Labute approximate surface area is 136 Å². The third-order valence-corrected chi connectivity index (χ3v) is 4.38. The fraction of sp³-hybridized carbons (Fsp3) is 0.143. The van der Waals surface area contributed by atoms with Crippen LogP contribution in [0.25, 0.3) is 11.1 Å². The van der Waals surface area contributed by atoms with E-state index in [0.29, 0.717) is 0 Å². The van der Waals surface area contributed by atoms with Crippen molar-refractivity contribution in [2.24, 2.45) is 0 Å².